The van der Waals surface area contributed by atoms with Crippen LogP contribution < -0.4 is 14.5 Å². The molecule has 128 valence electrons. The van der Waals surface area contributed by atoms with Crippen LogP contribution in [0.1, 0.15) is 5.82 Å². The van der Waals surface area contributed by atoms with E-state index in [1.807, 2.05) is 31.2 Å². The number of rotatable bonds is 3. The molecule has 0 amide bonds. The van der Waals surface area contributed by atoms with E-state index in [1.165, 1.54) is 5.69 Å². The van der Waals surface area contributed by atoms with E-state index in [1.54, 1.807) is 13.3 Å². The van der Waals surface area contributed by atoms with Gasteiger partial charge in [-0.15, -0.1) is 0 Å². The van der Waals surface area contributed by atoms with Gasteiger partial charge in [0.15, 0.2) is 5.65 Å². The van der Waals surface area contributed by atoms with Crippen LogP contribution in [0.5, 0.6) is 5.75 Å². The minimum Gasteiger partial charge on any atom is -0.497 e. The van der Waals surface area contributed by atoms with E-state index in [0.717, 1.165) is 54.6 Å². The molecule has 0 saturated carbocycles. The summed E-state index contributed by atoms with van der Waals surface area (Å²) in [5.41, 5.74) is 1.96. The van der Waals surface area contributed by atoms with Crippen LogP contribution in [-0.2, 0) is 0 Å². The topological polar surface area (TPSA) is 54.4 Å². The molecule has 1 saturated heterocycles. The number of aryl methyl sites for hydroxylation is 1. The summed E-state index contributed by atoms with van der Waals surface area (Å²) < 4.78 is 5.34. The summed E-state index contributed by atoms with van der Waals surface area (Å²) in [5.74, 6) is 2.64. The molecule has 0 bridgehead atoms. The Hall–Kier alpha value is -2.89. The lowest BCUT2D eigenvalue weighted by Crippen LogP contribution is -2.47. The molecule has 6 heteroatoms. The minimum atomic E-state index is 0.761. The third-order valence-electron chi connectivity index (χ3n) is 4.56. The van der Waals surface area contributed by atoms with E-state index < -0.39 is 0 Å². The molecule has 3 heterocycles. The zero-order valence-corrected chi connectivity index (χ0v) is 14.5. The smallest absolute Gasteiger partial charge is 0.164 e. The average molecular weight is 335 g/mol. The van der Waals surface area contributed by atoms with Crippen molar-refractivity contribution in [2.45, 2.75) is 6.92 Å². The molecule has 4 rings (SSSR count). The largest absolute Gasteiger partial charge is 0.497 e. The van der Waals surface area contributed by atoms with Crippen molar-refractivity contribution in [1.29, 1.82) is 0 Å². The number of piperazine rings is 1. The van der Waals surface area contributed by atoms with Gasteiger partial charge in [-0.05, 0) is 31.2 Å². The second kappa shape index (κ2) is 6.55. The predicted octanol–water partition coefficient (Wildman–Crippen LogP) is 2.67. The molecule has 2 aromatic heterocycles. The summed E-state index contributed by atoms with van der Waals surface area (Å²) in [4.78, 5) is 18.2. The SMILES string of the molecule is COc1cccc(N2CCN(c3nc(C)nc4ncccc34)CC2)c1. The number of nitrogens with zero attached hydrogens (tertiary/aromatic N) is 5. The maximum absolute atomic E-state index is 5.34. The third kappa shape index (κ3) is 3.07. The number of aromatic nitrogens is 3. The fourth-order valence-corrected chi connectivity index (χ4v) is 3.28. The van der Waals surface area contributed by atoms with Gasteiger partial charge >= 0.3 is 0 Å². The first kappa shape index (κ1) is 15.6. The number of benzene rings is 1. The fourth-order valence-electron chi connectivity index (χ4n) is 3.28. The van der Waals surface area contributed by atoms with E-state index in [2.05, 4.69) is 36.9 Å². The Morgan fingerprint density at radius 2 is 1.76 bits per heavy atom. The number of hydrogen-bond donors (Lipinski definition) is 0. The molecule has 1 aliphatic heterocycles. The molecule has 0 unspecified atom stereocenters. The molecule has 1 aromatic carbocycles. The van der Waals surface area contributed by atoms with Gasteiger partial charge in [0.05, 0.1) is 12.5 Å². The predicted molar refractivity (Wildman–Crippen MR) is 99.5 cm³/mol. The monoisotopic (exact) mass is 335 g/mol. The number of ether oxygens (including phenoxy) is 1. The van der Waals surface area contributed by atoms with Crippen LogP contribution in [0.4, 0.5) is 11.5 Å². The van der Waals surface area contributed by atoms with Crippen LogP contribution in [-0.4, -0.2) is 48.2 Å². The highest BCUT2D eigenvalue weighted by Crippen LogP contribution is 2.26. The van der Waals surface area contributed by atoms with Gasteiger partial charge in [0.1, 0.15) is 17.4 Å². The second-order valence-electron chi connectivity index (χ2n) is 6.14. The highest BCUT2D eigenvalue weighted by Gasteiger charge is 2.21. The van der Waals surface area contributed by atoms with Crippen molar-refractivity contribution in [2.75, 3.05) is 43.1 Å². The number of fused-ring (bicyclic) bond motifs is 1. The Balaban J connectivity index is 1.56. The van der Waals surface area contributed by atoms with E-state index in [0.29, 0.717) is 0 Å². The number of anilines is 2. The number of pyridine rings is 1. The van der Waals surface area contributed by atoms with Gasteiger partial charge in [0.25, 0.3) is 0 Å². The lowest BCUT2D eigenvalue weighted by Gasteiger charge is -2.37. The van der Waals surface area contributed by atoms with Gasteiger partial charge in [0.2, 0.25) is 0 Å². The molecule has 0 radical (unpaired) electrons. The molecule has 6 nitrogen and oxygen atoms in total. The zero-order chi connectivity index (χ0) is 17.2. The van der Waals surface area contributed by atoms with Gasteiger partial charge in [0, 0.05) is 44.1 Å². The number of hydrogen-bond acceptors (Lipinski definition) is 6. The van der Waals surface area contributed by atoms with Crippen LogP contribution in [0.2, 0.25) is 0 Å². The Morgan fingerprint density at radius 1 is 0.960 bits per heavy atom. The van der Waals surface area contributed by atoms with Crippen molar-refractivity contribution in [3.05, 3.63) is 48.4 Å². The molecule has 0 aliphatic carbocycles. The lowest BCUT2D eigenvalue weighted by atomic mass is 10.2. The van der Waals surface area contributed by atoms with E-state index >= 15 is 0 Å². The van der Waals surface area contributed by atoms with E-state index in [9.17, 15) is 0 Å². The van der Waals surface area contributed by atoms with Gasteiger partial charge in [-0.25, -0.2) is 15.0 Å². The molecule has 0 atom stereocenters. The van der Waals surface area contributed by atoms with Gasteiger partial charge < -0.3 is 14.5 Å². The molecular formula is C19H21N5O. The van der Waals surface area contributed by atoms with Crippen LogP contribution in [0.3, 0.4) is 0 Å². The molecule has 3 aromatic rings. The van der Waals surface area contributed by atoms with Crippen molar-refractivity contribution in [3.8, 4) is 5.75 Å². The van der Waals surface area contributed by atoms with Crippen molar-refractivity contribution in [1.82, 2.24) is 15.0 Å². The Kier molecular flexibility index (Phi) is 4.09. The van der Waals surface area contributed by atoms with E-state index in [-0.39, 0.29) is 0 Å². The summed E-state index contributed by atoms with van der Waals surface area (Å²) >= 11 is 0. The van der Waals surface area contributed by atoms with Crippen molar-refractivity contribution >= 4 is 22.5 Å². The zero-order valence-electron chi connectivity index (χ0n) is 14.5. The summed E-state index contributed by atoms with van der Waals surface area (Å²) in [5, 5.41) is 1.02. The van der Waals surface area contributed by atoms with Crippen LogP contribution >= 0.6 is 0 Å². The van der Waals surface area contributed by atoms with Gasteiger partial charge in [-0.2, -0.15) is 0 Å². The fraction of sp³-hybridized carbons (Fsp3) is 0.316. The third-order valence-corrected chi connectivity index (χ3v) is 4.56. The van der Waals surface area contributed by atoms with Crippen molar-refractivity contribution < 1.29 is 4.74 Å². The van der Waals surface area contributed by atoms with Crippen molar-refractivity contribution in [2.24, 2.45) is 0 Å². The quantitative estimate of drug-likeness (QED) is 0.733. The first-order valence-electron chi connectivity index (χ1n) is 8.48. The Labute approximate surface area is 147 Å². The van der Waals surface area contributed by atoms with E-state index in [4.69, 9.17) is 4.74 Å². The number of methoxy groups -OCH3 is 1. The van der Waals surface area contributed by atoms with Gasteiger partial charge in [-0.1, -0.05) is 6.07 Å². The van der Waals surface area contributed by atoms with Gasteiger partial charge in [-0.3, -0.25) is 0 Å². The highest BCUT2D eigenvalue weighted by atomic mass is 16.5. The average Bonchev–Trinajstić information content (AvgIpc) is 2.67. The maximum atomic E-state index is 5.34. The first-order valence-corrected chi connectivity index (χ1v) is 8.48. The molecular weight excluding hydrogens is 314 g/mol. The maximum Gasteiger partial charge on any atom is 0.164 e. The summed E-state index contributed by atoms with van der Waals surface area (Å²) in [6.07, 6.45) is 1.78. The first-order chi connectivity index (χ1) is 12.2. The summed E-state index contributed by atoms with van der Waals surface area (Å²) in [6, 6.07) is 12.2. The summed E-state index contributed by atoms with van der Waals surface area (Å²) in [6.45, 7) is 5.63. The van der Waals surface area contributed by atoms with Crippen LogP contribution in [0.25, 0.3) is 11.0 Å². The Morgan fingerprint density at radius 3 is 2.56 bits per heavy atom. The second-order valence-corrected chi connectivity index (χ2v) is 6.14. The normalized spacial score (nSPS) is 14.8. The van der Waals surface area contributed by atoms with Crippen molar-refractivity contribution in [3.63, 3.8) is 0 Å². The Bertz CT molecular complexity index is 890. The molecule has 0 spiro atoms. The molecule has 0 N–H and O–H groups in total. The molecule has 1 aliphatic rings. The van der Waals surface area contributed by atoms with Crippen LogP contribution in [0, 0.1) is 6.92 Å². The minimum absolute atomic E-state index is 0.761. The summed E-state index contributed by atoms with van der Waals surface area (Å²) in [7, 11) is 1.70. The molecule has 1 fully saturated rings. The lowest BCUT2D eigenvalue weighted by molar-refractivity contribution is 0.414. The standard InChI is InChI=1S/C19H21N5O/c1-14-21-18-17(7-4-8-20-18)19(22-14)24-11-9-23(10-12-24)15-5-3-6-16(13-15)25-2/h3-8,13H,9-12H2,1-2H3. The van der Waals surface area contributed by atoms with Crippen LogP contribution in [0.15, 0.2) is 42.6 Å². The highest BCUT2D eigenvalue weighted by molar-refractivity contribution is 5.87. The molecule has 25 heavy (non-hydrogen) atoms.